The van der Waals surface area contributed by atoms with Gasteiger partial charge in [-0.3, -0.25) is 10.1 Å². The molecule has 0 radical (unpaired) electrons. The molecular weight excluding hydrogens is 617 g/mol. The van der Waals surface area contributed by atoms with Crippen LogP contribution in [0.25, 0.3) is 0 Å². The minimum atomic E-state index is -4.45. The van der Waals surface area contributed by atoms with Crippen molar-refractivity contribution in [3.05, 3.63) is 118 Å². The monoisotopic (exact) mass is 648 g/mol. The highest BCUT2D eigenvalue weighted by molar-refractivity contribution is 7.99. The van der Waals surface area contributed by atoms with Crippen LogP contribution < -0.4 is 19.5 Å². The van der Waals surface area contributed by atoms with Crippen LogP contribution in [0.5, 0.6) is 11.5 Å². The number of urea groups is 1. The van der Waals surface area contributed by atoms with Crippen LogP contribution in [0.3, 0.4) is 0 Å². The lowest BCUT2D eigenvalue weighted by molar-refractivity contribution is -0.384. The number of benzene rings is 4. The fourth-order valence-corrected chi connectivity index (χ4v) is 6.98. The first-order valence-corrected chi connectivity index (χ1v) is 16.5. The molecule has 4 aromatic rings. The largest absolute Gasteiger partial charge is 0.493 e. The average molecular weight is 649 g/mol. The van der Waals surface area contributed by atoms with E-state index in [1.54, 1.807) is 24.9 Å². The highest BCUT2D eigenvalue weighted by Crippen LogP contribution is 2.40. The molecular formula is C32H32N4O7S2. The summed E-state index contributed by atoms with van der Waals surface area (Å²) in [6.45, 7) is 0.723. The number of fused-ring (bicyclic) bond motifs is 1. The lowest BCUT2D eigenvalue weighted by Gasteiger charge is -2.35. The first-order valence-electron chi connectivity index (χ1n) is 14.0. The summed E-state index contributed by atoms with van der Waals surface area (Å²) in [5.41, 5.74) is 2.42. The van der Waals surface area contributed by atoms with E-state index in [0.29, 0.717) is 23.8 Å². The second-order valence-corrected chi connectivity index (χ2v) is 13.0. The SMILES string of the molecule is COc1cc2c(cc1OC)C(c1ccccc1)CN(C(=O)NS(=O)(=O)c1ccc(NCCSc3ccccc3)c([N+](=O)[O-])c1)C2. The molecule has 13 heteroatoms. The molecule has 45 heavy (non-hydrogen) atoms. The number of thioether (sulfide) groups is 1. The van der Waals surface area contributed by atoms with Crippen molar-refractivity contribution < 1.29 is 27.6 Å². The smallest absolute Gasteiger partial charge is 0.331 e. The van der Waals surface area contributed by atoms with Gasteiger partial charge >= 0.3 is 6.03 Å². The molecule has 0 fully saturated rings. The van der Waals surface area contributed by atoms with Gasteiger partial charge in [0.05, 0.1) is 24.0 Å². The number of amides is 2. The van der Waals surface area contributed by atoms with E-state index in [-0.39, 0.29) is 24.7 Å². The third-order valence-electron chi connectivity index (χ3n) is 7.40. The van der Waals surface area contributed by atoms with Gasteiger partial charge in [0.25, 0.3) is 15.7 Å². The maximum atomic E-state index is 13.5. The summed E-state index contributed by atoms with van der Waals surface area (Å²) < 4.78 is 39.7. The number of hydrogen-bond donors (Lipinski definition) is 2. The summed E-state index contributed by atoms with van der Waals surface area (Å²) in [7, 11) is -1.38. The maximum Gasteiger partial charge on any atom is 0.331 e. The summed E-state index contributed by atoms with van der Waals surface area (Å²) in [4.78, 5) is 26.7. The molecule has 2 amide bonds. The Morgan fingerprint density at radius 3 is 2.31 bits per heavy atom. The van der Waals surface area contributed by atoms with E-state index >= 15 is 0 Å². The van der Waals surface area contributed by atoms with Crippen molar-refractivity contribution in [2.24, 2.45) is 0 Å². The zero-order valence-corrected chi connectivity index (χ0v) is 26.3. The normalized spacial score (nSPS) is 14.3. The van der Waals surface area contributed by atoms with Crippen molar-refractivity contribution in [1.82, 2.24) is 9.62 Å². The van der Waals surface area contributed by atoms with Gasteiger partial charge in [-0.15, -0.1) is 11.8 Å². The molecule has 1 atom stereocenters. The van der Waals surface area contributed by atoms with E-state index < -0.39 is 31.6 Å². The third kappa shape index (κ3) is 7.32. The van der Waals surface area contributed by atoms with Gasteiger partial charge in [0.2, 0.25) is 0 Å². The van der Waals surface area contributed by atoms with Crippen LogP contribution in [-0.2, 0) is 16.6 Å². The second kappa shape index (κ2) is 13.9. The standard InChI is InChI=1S/C32H32N4O7S2/c1-42-30-17-23-20-35(21-27(22-9-5-3-6-10-22)26(23)19-31(30)43-2)32(37)34-45(40,41)25-13-14-28(29(18-25)36(38)39)33-15-16-44-24-11-7-4-8-12-24/h3-14,17-19,27,33H,15-16,20-21H2,1-2H3,(H,34,37). The van der Waals surface area contributed by atoms with Gasteiger partial charge < -0.3 is 19.7 Å². The number of nitrogens with zero attached hydrogens (tertiary/aromatic N) is 2. The van der Waals surface area contributed by atoms with E-state index in [9.17, 15) is 23.3 Å². The van der Waals surface area contributed by atoms with Gasteiger partial charge in [-0.1, -0.05) is 48.5 Å². The van der Waals surface area contributed by atoms with Crippen molar-refractivity contribution in [2.45, 2.75) is 22.3 Å². The Bertz CT molecular complexity index is 1790. The molecule has 0 aromatic heterocycles. The van der Waals surface area contributed by atoms with Crippen LogP contribution in [0.15, 0.2) is 101 Å². The van der Waals surface area contributed by atoms with Crippen LogP contribution in [0.1, 0.15) is 22.6 Å². The summed E-state index contributed by atoms with van der Waals surface area (Å²) in [5, 5.41) is 14.9. The van der Waals surface area contributed by atoms with Crippen molar-refractivity contribution in [3.63, 3.8) is 0 Å². The Kier molecular flexibility index (Phi) is 9.79. The lowest BCUT2D eigenvalue weighted by atomic mass is 9.84. The number of hydrogen-bond acceptors (Lipinski definition) is 9. The minimum absolute atomic E-state index is 0.115. The first-order chi connectivity index (χ1) is 21.7. The summed E-state index contributed by atoms with van der Waals surface area (Å²) in [6, 6.07) is 25.6. The Morgan fingerprint density at radius 2 is 1.64 bits per heavy atom. The molecule has 1 unspecified atom stereocenters. The highest BCUT2D eigenvalue weighted by Gasteiger charge is 2.33. The van der Waals surface area contributed by atoms with Gasteiger partial charge in [0, 0.05) is 42.3 Å². The van der Waals surface area contributed by atoms with E-state index in [0.717, 1.165) is 27.7 Å². The highest BCUT2D eigenvalue weighted by atomic mass is 32.2. The van der Waals surface area contributed by atoms with Crippen LogP contribution in [0.4, 0.5) is 16.2 Å². The van der Waals surface area contributed by atoms with Gasteiger partial charge in [-0.05, 0) is 53.1 Å². The molecule has 0 saturated carbocycles. The zero-order chi connectivity index (χ0) is 32.0. The van der Waals surface area contributed by atoms with E-state index in [1.165, 1.54) is 24.1 Å². The van der Waals surface area contributed by atoms with Crippen LogP contribution >= 0.6 is 11.8 Å². The van der Waals surface area contributed by atoms with Gasteiger partial charge in [0.1, 0.15) is 5.69 Å². The van der Waals surface area contributed by atoms with Crippen molar-refractivity contribution in [2.75, 3.05) is 38.4 Å². The van der Waals surface area contributed by atoms with E-state index in [1.807, 2.05) is 66.7 Å². The predicted molar refractivity (Wildman–Crippen MR) is 173 cm³/mol. The number of ether oxygens (including phenoxy) is 2. The van der Waals surface area contributed by atoms with E-state index in [2.05, 4.69) is 10.0 Å². The Labute approximate surface area is 265 Å². The van der Waals surface area contributed by atoms with Crippen LogP contribution in [0, 0.1) is 10.1 Å². The van der Waals surface area contributed by atoms with Gasteiger partial charge in [-0.25, -0.2) is 17.9 Å². The molecule has 1 aliphatic rings. The fourth-order valence-electron chi connectivity index (χ4n) is 5.20. The molecule has 1 aliphatic heterocycles. The number of sulfonamides is 1. The first kappa shape index (κ1) is 31.7. The minimum Gasteiger partial charge on any atom is -0.493 e. The summed E-state index contributed by atoms with van der Waals surface area (Å²) in [5.74, 6) is 1.40. The second-order valence-electron chi connectivity index (χ2n) is 10.2. The molecule has 4 aromatic carbocycles. The van der Waals surface area contributed by atoms with E-state index in [4.69, 9.17) is 9.47 Å². The molecule has 0 bridgehead atoms. The van der Waals surface area contributed by atoms with Crippen LogP contribution in [-0.4, -0.2) is 57.3 Å². The van der Waals surface area contributed by atoms with Crippen LogP contribution in [0.2, 0.25) is 0 Å². The van der Waals surface area contributed by atoms with Crippen molar-refractivity contribution >= 4 is 39.2 Å². The predicted octanol–water partition coefficient (Wildman–Crippen LogP) is 5.86. The zero-order valence-electron chi connectivity index (χ0n) is 24.6. The number of nitrogens with one attached hydrogen (secondary N) is 2. The molecule has 0 saturated heterocycles. The number of methoxy groups -OCH3 is 2. The Hall–Kier alpha value is -4.75. The molecule has 5 rings (SSSR count). The summed E-state index contributed by atoms with van der Waals surface area (Å²) in [6.07, 6.45) is 0. The molecule has 11 nitrogen and oxygen atoms in total. The Balaban J connectivity index is 1.34. The number of nitro groups is 1. The van der Waals surface area contributed by atoms with Crippen molar-refractivity contribution in [3.8, 4) is 11.5 Å². The van der Waals surface area contributed by atoms with Gasteiger partial charge in [-0.2, -0.15) is 0 Å². The molecule has 0 spiro atoms. The third-order valence-corrected chi connectivity index (χ3v) is 9.73. The number of anilines is 1. The average Bonchev–Trinajstić information content (AvgIpc) is 3.06. The summed E-state index contributed by atoms with van der Waals surface area (Å²) >= 11 is 1.59. The maximum absolute atomic E-state index is 13.5. The topological polar surface area (TPSA) is 140 Å². The van der Waals surface area contributed by atoms with Gasteiger partial charge in [0.15, 0.2) is 11.5 Å². The molecule has 1 heterocycles. The number of carbonyl (C=O) groups excluding carboxylic acids is 1. The number of rotatable bonds is 11. The fraction of sp³-hybridized carbons (Fsp3) is 0.219. The number of nitro benzene ring substituents is 1. The molecule has 0 aliphatic carbocycles. The number of carbonyl (C=O) groups is 1. The molecule has 2 N–H and O–H groups in total. The molecule has 234 valence electrons. The quantitative estimate of drug-likeness (QED) is 0.0885. The lowest BCUT2D eigenvalue weighted by Crippen LogP contribution is -2.46. The Morgan fingerprint density at radius 1 is 0.978 bits per heavy atom. The van der Waals surface area contributed by atoms with Crippen molar-refractivity contribution in [1.29, 1.82) is 0 Å².